The van der Waals surface area contributed by atoms with E-state index in [1.54, 1.807) is 12.1 Å². The fraction of sp³-hybridized carbons (Fsp3) is 0.407. The Morgan fingerprint density at radius 2 is 1.89 bits per heavy atom. The van der Waals surface area contributed by atoms with Crippen LogP contribution in [0.25, 0.3) is 17.1 Å². The standard InChI is InChI=1S/C27H28ClFN6O/c28-19-10-12-20(13-11-19)35-26(21-7-4-8-24(21)32-35)22(17-5-2-1-3-6-17)16-36-25-14-9-18(15-23(25)29)27-30-33-34-31-27/h9-15,17,22H,1-8,16H2,(H,30,31,33,34). The molecular formula is C27H28ClFN6O. The molecular weight excluding hydrogens is 479 g/mol. The molecule has 0 spiro atoms. The zero-order valence-electron chi connectivity index (χ0n) is 20.0. The van der Waals surface area contributed by atoms with E-state index in [-0.39, 0.29) is 11.7 Å². The van der Waals surface area contributed by atoms with Gasteiger partial charge in [0.1, 0.15) is 0 Å². The largest absolute Gasteiger partial charge is 0.490 e. The number of hydrogen-bond donors (Lipinski definition) is 1. The lowest BCUT2D eigenvalue weighted by molar-refractivity contribution is 0.201. The summed E-state index contributed by atoms with van der Waals surface area (Å²) in [6, 6.07) is 12.7. The number of rotatable bonds is 7. The fourth-order valence-electron chi connectivity index (χ4n) is 5.78. The van der Waals surface area contributed by atoms with Gasteiger partial charge in [0, 0.05) is 16.5 Å². The summed E-state index contributed by atoms with van der Waals surface area (Å²) in [5.41, 5.74) is 5.32. The van der Waals surface area contributed by atoms with Gasteiger partial charge in [0.05, 0.1) is 23.7 Å². The normalized spacial score (nSPS) is 16.7. The molecule has 2 aromatic heterocycles. The van der Waals surface area contributed by atoms with Crippen molar-refractivity contribution in [3.05, 3.63) is 70.3 Å². The molecule has 2 heterocycles. The van der Waals surface area contributed by atoms with E-state index in [2.05, 4.69) is 25.3 Å². The maximum absolute atomic E-state index is 15.0. The number of aryl methyl sites for hydroxylation is 1. The third-order valence-electron chi connectivity index (χ3n) is 7.56. The second kappa shape index (κ2) is 10.0. The molecule has 2 aliphatic rings. The number of aromatic amines is 1. The molecule has 1 atom stereocenters. The Morgan fingerprint density at radius 3 is 2.64 bits per heavy atom. The van der Waals surface area contributed by atoms with Gasteiger partial charge in [0.25, 0.3) is 0 Å². The van der Waals surface area contributed by atoms with Gasteiger partial charge in [-0.3, -0.25) is 0 Å². The minimum Gasteiger partial charge on any atom is -0.490 e. The van der Waals surface area contributed by atoms with Crippen molar-refractivity contribution in [2.24, 2.45) is 5.92 Å². The number of nitrogens with one attached hydrogen (secondary N) is 1. The van der Waals surface area contributed by atoms with Crippen LogP contribution in [0.15, 0.2) is 42.5 Å². The van der Waals surface area contributed by atoms with Crippen molar-refractivity contribution in [1.29, 1.82) is 0 Å². The van der Waals surface area contributed by atoms with Crippen molar-refractivity contribution in [3.8, 4) is 22.8 Å². The molecule has 7 nitrogen and oxygen atoms in total. The molecule has 0 bridgehead atoms. The Kier molecular flexibility index (Phi) is 6.44. The van der Waals surface area contributed by atoms with E-state index in [0.717, 1.165) is 37.8 Å². The maximum Gasteiger partial charge on any atom is 0.179 e. The highest BCUT2D eigenvalue weighted by Gasteiger charge is 2.34. The summed E-state index contributed by atoms with van der Waals surface area (Å²) in [7, 11) is 0. The van der Waals surface area contributed by atoms with Gasteiger partial charge in [-0.15, -0.1) is 5.10 Å². The fourth-order valence-corrected chi connectivity index (χ4v) is 5.90. The number of H-pyrrole nitrogens is 1. The van der Waals surface area contributed by atoms with Crippen molar-refractivity contribution in [1.82, 2.24) is 30.4 Å². The quantitative estimate of drug-likeness (QED) is 0.328. The van der Waals surface area contributed by atoms with E-state index in [1.807, 2.05) is 24.3 Å². The van der Waals surface area contributed by atoms with Crippen LogP contribution in [0.4, 0.5) is 4.39 Å². The molecule has 1 unspecified atom stereocenters. The lowest BCUT2D eigenvalue weighted by Crippen LogP contribution is -2.26. The SMILES string of the molecule is Fc1cc(-c2nnn[nH]2)ccc1OCC(c1c2c(nn1-c1ccc(Cl)cc1)CCC2)C1CCCCC1. The smallest absolute Gasteiger partial charge is 0.179 e. The van der Waals surface area contributed by atoms with Crippen LogP contribution in [0.5, 0.6) is 5.75 Å². The molecule has 1 saturated carbocycles. The molecule has 0 aliphatic heterocycles. The number of aromatic nitrogens is 6. The monoisotopic (exact) mass is 506 g/mol. The first-order chi connectivity index (χ1) is 17.7. The topological polar surface area (TPSA) is 81.5 Å². The van der Waals surface area contributed by atoms with Crippen LogP contribution in [0.1, 0.15) is 61.4 Å². The molecule has 36 heavy (non-hydrogen) atoms. The molecule has 1 N–H and O–H groups in total. The van der Waals surface area contributed by atoms with Crippen molar-refractivity contribution >= 4 is 11.6 Å². The van der Waals surface area contributed by atoms with Crippen molar-refractivity contribution in [3.63, 3.8) is 0 Å². The molecule has 9 heteroatoms. The minimum absolute atomic E-state index is 0.118. The molecule has 6 rings (SSSR count). The second-order valence-electron chi connectivity index (χ2n) is 9.76. The highest BCUT2D eigenvalue weighted by atomic mass is 35.5. The number of fused-ring (bicyclic) bond motifs is 1. The third kappa shape index (κ3) is 4.50. The van der Waals surface area contributed by atoms with Gasteiger partial charge in [-0.25, -0.2) is 14.2 Å². The van der Waals surface area contributed by atoms with Crippen molar-refractivity contribution < 1.29 is 9.13 Å². The summed E-state index contributed by atoms with van der Waals surface area (Å²) in [5.74, 6) is 0.814. The van der Waals surface area contributed by atoms with Gasteiger partial charge in [-0.1, -0.05) is 30.9 Å². The zero-order valence-corrected chi connectivity index (χ0v) is 20.7. The number of halogens is 2. The van der Waals surface area contributed by atoms with E-state index in [1.165, 1.54) is 42.3 Å². The van der Waals surface area contributed by atoms with E-state index >= 15 is 4.39 Å². The van der Waals surface area contributed by atoms with E-state index in [9.17, 15) is 0 Å². The van der Waals surface area contributed by atoms with Gasteiger partial charge in [0.2, 0.25) is 0 Å². The summed E-state index contributed by atoms with van der Waals surface area (Å²) in [4.78, 5) is 0. The summed E-state index contributed by atoms with van der Waals surface area (Å²) < 4.78 is 23.4. The highest BCUT2D eigenvalue weighted by Crippen LogP contribution is 2.41. The average molecular weight is 507 g/mol. The Hall–Kier alpha value is -3.26. The van der Waals surface area contributed by atoms with Crippen LogP contribution in [-0.4, -0.2) is 37.0 Å². The lowest BCUT2D eigenvalue weighted by Gasteiger charge is -2.31. The van der Waals surface area contributed by atoms with Crippen LogP contribution in [0, 0.1) is 11.7 Å². The van der Waals surface area contributed by atoms with Gasteiger partial charge < -0.3 is 4.74 Å². The Bertz CT molecular complexity index is 1330. The minimum atomic E-state index is -0.428. The predicted molar refractivity (Wildman–Crippen MR) is 135 cm³/mol. The van der Waals surface area contributed by atoms with Crippen molar-refractivity contribution in [2.45, 2.75) is 57.3 Å². The van der Waals surface area contributed by atoms with Crippen LogP contribution < -0.4 is 4.74 Å². The van der Waals surface area contributed by atoms with Crippen LogP contribution in [0.2, 0.25) is 5.02 Å². The molecule has 4 aromatic rings. The van der Waals surface area contributed by atoms with Crippen LogP contribution >= 0.6 is 11.6 Å². The summed E-state index contributed by atoms with van der Waals surface area (Å²) in [6.45, 7) is 0.399. The van der Waals surface area contributed by atoms with Crippen LogP contribution in [-0.2, 0) is 12.8 Å². The summed E-state index contributed by atoms with van der Waals surface area (Å²) in [6.07, 6.45) is 9.13. The zero-order chi connectivity index (χ0) is 24.5. The Balaban J connectivity index is 1.34. The number of ether oxygens (including phenoxy) is 1. The summed E-state index contributed by atoms with van der Waals surface area (Å²) >= 11 is 6.18. The Labute approximate surface area is 214 Å². The molecule has 0 amide bonds. The van der Waals surface area contributed by atoms with E-state index in [4.69, 9.17) is 21.4 Å². The summed E-state index contributed by atoms with van der Waals surface area (Å²) in [5, 5.41) is 19.4. The van der Waals surface area contributed by atoms with Crippen molar-refractivity contribution in [2.75, 3.05) is 6.61 Å². The number of hydrogen-bond acceptors (Lipinski definition) is 5. The number of benzene rings is 2. The number of tetrazole rings is 1. The molecule has 2 aromatic carbocycles. The molecule has 1 fully saturated rings. The second-order valence-corrected chi connectivity index (χ2v) is 10.2. The third-order valence-corrected chi connectivity index (χ3v) is 7.81. The predicted octanol–water partition coefficient (Wildman–Crippen LogP) is 6.08. The van der Waals surface area contributed by atoms with E-state index < -0.39 is 5.82 Å². The van der Waals surface area contributed by atoms with Crippen LogP contribution in [0.3, 0.4) is 0 Å². The lowest BCUT2D eigenvalue weighted by atomic mass is 9.77. The van der Waals surface area contributed by atoms with Gasteiger partial charge in [0.15, 0.2) is 17.4 Å². The Morgan fingerprint density at radius 1 is 1.06 bits per heavy atom. The van der Waals surface area contributed by atoms with Gasteiger partial charge in [-0.05, 0) is 96.5 Å². The average Bonchev–Trinajstić information content (AvgIpc) is 3.65. The van der Waals surface area contributed by atoms with Gasteiger partial charge in [-0.2, -0.15) is 5.10 Å². The van der Waals surface area contributed by atoms with Gasteiger partial charge >= 0.3 is 0 Å². The first kappa shape index (κ1) is 23.2. The molecule has 2 aliphatic carbocycles. The van der Waals surface area contributed by atoms with E-state index in [0.29, 0.717) is 28.9 Å². The molecule has 0 radical (unpaired) electrons. The number of nitrogens with zero attached hydrogens (tertiary/aromatic N) is 5. The first-order valence-corrected chi connectivity index (χ1v) is 13.1. The maximum atomic E-state index is 15.0. The molecule has 0 saturated heterocycles. The molecule has 186 valence electrons. The first-order valence-electron chi connectivity index (χ1n) is 12.7. The highest BCUT2D eigenvalue weighted by molar-refractivity contribution is 6.30.